The standard InChI is InChI=1S/C16H22ClN3/c1-11-3-4-13(9-12(11)2)20-15-6-8-18-10-14(15)19-16(20)5-7-17/h6,8,10-13H,3-5,7,9H2,1-2H3. The topological polar surface area (TPSA) is 30.7 Å². The molecule has 3 unspecified atom stereocenters. The van der Waals surface area contributed by atoms with Crippen LogP contribution in [0.3, 0.4) is 0 Å². The SMILES string of the molecule is CC1CCC(n2c(CCCl)nc3cnccc32)CC1C. The van der Waals surface area contributed by atoms with E-state index in [1.165, 1.54) is 24.8 Å². The monoisotopic (exact) mass is 291 g/mol. The van der Waals surface area contributed by atoms with Gasteiger partial charge in [0.2, 0.25) is 0 Å². The maximum absolute atomic E-state index is 5.96. The number of imidazole rings is 1. The van der Waals surface area contributed by atoms with Crippen LogP contribution >= 0.6 is 11.6 Å². The third kappa shape index (κ3) is 2.44. The van der Waals surface area contributed by atoms with Gasteiger partial charge in [0.25, 0.3) is 0 Å². The van der Waals surface area contributed by atoms with Crippen molar-refractivity contribution >= 4 is 22.6 Å². The van der Waals surface area contributed by atoms with Gasteiger partial charge in [-0.3, -0.25) is 4.98 Å². The highest BCUT2D eigenvalue weighted by Gasteiger charge is 2.28. The normalized spacial score (nSPS) is 27.1. The largest absolute Gasteiger partial charge is 0.325 e. The van der Waals surface area contributed by atoms with Gasteiger partial charge in [-0.15, -0.1) is 11.6 Å². The summed E-state index contributed by atoms with van der Waals surface area (Å²) < 4.78 is 2.43. The highest BCUT2D eigenvalue weighted by Crippen LogP contribution is 2.38. The van der Waals surface area contributed by atoms with E-state index in [-0.39, 0.29) is 0 Å². The van der Waals surface area contributed by atoms with Crippen LogP contribution in [0.5, 0.6) is 0 Å². The number of alkyl halides is 1. The Labute approximate surface area is 125 Å². The zero-order valence-electron chi connectivity index (χ0n) is 12.2. The van der Waals surface area contributed by atoms with Crippen LogP contribution in [0, 0.1) is 11.8 Å². The molecule has 2 heterocycles. The molecule has 0 N–H and O–H groups in total. The Hall–Kier alpha value is -1.09. The highest BCUT2D eigenvalue weighted by molar-refractivity contribution is 6.17. The zero-order valence-corrected chi connectivity index (χ0v) is 13.0. The maximum Gasteiger partial charge on any atom is 0.111 e. The Morgan fingerprint density at radius 1 is 1.30 bits per heavy atom. The summed E-state index contributed by atoms with van der Waals surface area (Å²) in [6.07, 6.45) is 8.34. The minimum absolute atomic E-state index is 0.562. The molecule has 0 bridgehead atoms. The summed E-state index contributed by atoms with van der Waals surface area (Å²) in [5.41, 5.74) is 2.21. The van der Waals surface area contributed by atoms with Crippen LogP contribution in [-0.2, 0) is 6.42 Å². The average Bonchev–Trinajstić information content (AvgIpc) is 2.80. The molecule has 20 heavy (non-hydrogen) atoms. The second-order valence-corrected chi connectivity index (χ2v) is 6.50. The molecule has 0 aliphatic heterocycles. The van der Waals surface area contributed by atoms with E-state index in [9.17, 15) is 0 Å². The fourth-order valence-electron chi connectivity index (χ4n) is 3.42. The van der Waals surface area contributed by atoms with Gasteiger partial charge in [0.1, 0.15) is 11.3 Å². The van der Waals surface area contributed by atoms with Gasteiger partial charge in [0, 0.05) is 24.5 Å². The molecule has 1 aliphatic carbocycles. The molecule has 4 heteroatoms. The van der Waals surface area contributed by atoms with Crippen molar-refractivity contribution in [2.75, 3.05) is 5.88 Å². The van der Waals surface area contributed by atoms with E-state index in [4.69, 9.17) is 16.6 Å². The van der Waals surface area contributed by atoms with Gasteiger partial charge in [-0.1, -0.05) is 13.8 Å². The maximum atomic E-state index is 5.96. The van der Waals surface area contributed by atoms with Gasteiger partial charge in [-0.05, 0) is 37.2 Å². The van der Waals surface area contributed by atoms with Crippen molar-refractivity contribution in [1.29, 1.82) is 0 Å². The molecule has 3 nitrogen and oxygen atoms in total. The quantitative estimate of drug-likeness (QED) is 0.793. The fraction of sp³-hybridized carbons (Fsp3) is 0.625. The van der Waals surface area contributed by atoms with E-state index in [0.717, 1.165) is 29.6 Å². The van der Waals surface area contributed by atoms with Crippen LogP contribution in [0.15, 0.2) is 18.5 Å². The lowest BCUT2D eigenvalue weighted by Gasteiger charge is -2.34. The van der Waals surface area contributed by atoms with Crippen molar-refractivity contribution in [3.8, 4) is 0 Å². The van der Waals surface area contributed by atoms with Crippen LogP contribution < -0.4 is 0 Å². The summed E-state index contributed by atoms with van der Waals surface area (Å²) in [6.45, 7) is 4.75. The summed E-state index contributed by atoms with van der Waals surface area (Å²) in [5, 5.41) is 0. The van der Waals surface area contributed by atoms with Gasteiger partial charge >= 0.3 is 0 Å². The fourth-order valence-corrected chi connectivity index (χ4v) is 3.59. The number of hydrogen-bond acceptors (Lipinski definition) is 2. The number of hydrogen-bond donors (Lipinski definition) is 0. The van der Waals surface area contributed by atoms with E-state index >= 15 is 0 Å². The highest BCUT2D eigenvalue weighted by atomic mass is 35.5. The van der Waals surface area contributed by atoms with Crippen LogP contribution in [-0.4, -0.2) is 20.4 Å². The van der Waals surface area contributed by atoms with Crippen LogP contribution in [0.1, 0.15) is 45.0 Å². The molecule has 0 radical (unpaired) electrons. The smallest absolute Gasteiger partial charge is 0.111 e. The second-order valence-electron chi connectivity index (χ2n) is 6.12. The number of pyridine rings is 1. The first kappa shape index (κ1) is 13.9. The number of fused-ring (bicyclic) bond motifs is 1. The van der Waals surface area contributed by atoms with Crippen molar-refractivity contribution < 1.29 is 0 Å². The lowest BCUT2D eigenvalue weighted by atomic mass is 9.79. The number of nitrogens with zero attached hydrogens (tertiary/aromatic N) is 3. The predicted molar refractivity (Wildman–Crippen MR) is 83.2 cm³/mol. The van der Waals surface area contributed by atoms with Crippen LogP contribution in [0.2, 0.25) is 0 Å². The third-order valence-electron chi connectivity index (χ3n) is 4.82. The summed E-state index contributed by atoms with van der Waals surface area (Å²) in [5.74, 6) is 3.35. The molecule has 0 spiro atoms. The zero-order chi connectivity index (χ0) is 14.1. The van der Waals surface area contributed by atoms with Gasteiger partial charge in [0.15, 0.2) is 0 Å². The Balaban J connectivity index is 2.02. The van der Waals surface area contributed by atoms with E-state index in [0.29, 0.717) is 11.9 Å². The Kier molecular flexibility index (Phi) is 3.97. The molecule has 1 aliphatic rings. The van der Waals surface area contributed by atoms with E-state index in [1.54, 1.807) is 0 Å². The number of aromatic nitrogens is 3. The van der Waals surface area contributed by atoms with E-state index in [2.05, 4.69) is 29.5 Å². The third-order valence-corrected chi connectivity index (χ3v) is 5.01. The summed E-state index contributed by atoms with van der Waals surface area (Å²) in [7, 11) is 0. The van der Waals surface area contributed by atoms with Crippen molar-refractivity contribution in [3.63, 3.8) is 0 Å². The van der Waals surface area contributed by atoms with Gasteiger partial charge in [-0.2, -0.15) is 0 Å². The minimum Gasteiger partial charge on any atom is -0.325 e. The number of aryl methyl sites for hydroxylation is 1. The van der Waals surface area contributed by atoms with Crippen molar-refractivity contribution in [1.82, 2.24) is 14.5 Å². The van der Waals surface area contributed by atoms with Crippen molar-refractivity contribution in [2.24, 2.45) is 11.8 Å². The van der Waals surface area contributed by atoms with Gasteiger partial charge < -0.3 is 4.57 Å². The first-order valence-corrected chi connectivity index (χ1v) is 8.11. The molecule has 2 aromatic heterocycles. The Morgan fingerprint density at radius 2 is 2.15 bits per heavy atom. The molecule has 0 saturated heterocycles. The number of halogens is 1. The predicted octanol–water partition coefficient (Wildman–Crippen LogP) is 4.21. The second kappa shape index (κ2) is 5.72. The van der Waals surface area contributed by atoms with Gasteiger partial charge in [0.05, 0.1) is 11.7 Å². The molecule has 0 aromatic carbocycles. The lowest BCUT2D eigenvalue weighted by Crippen LogP contribution is -2.24. The van der Waals surface area contributed by atoms with Crippen molar-refractivity contribution in [2.45, 2.75) is 45.6 Å². The molecule has 0 amide bonds. The molecule has 3 atom stereocenters. The molecule has 1 saturated carbocycles. The first-order valence-electron chi connectivity index (χ1n) is 7.57. The van der Waals surface area contributed by atoms with E-state index in [1.807, 2.05) is 12.4 Å². The summed E-state index contributed by atoms with van der Waals surface area (Å²) in [4.78, 5) is 8.93. The molecule has 1 fully saturated rings. The Morgan fingerprint density at radius 3 is 2.90 bits per heavy atom. The number of rotatable bonds is 3. The summed E-state index contributed by atoms with van der Waals surface area (Å²) in [6, 6.07) is 2.65. The lowest BCUT2D eigenvalue weighted by molar-refractivity contribution is 0.211. The van der Waals surface area contributed by atoms with Crippen LogP contribution in [0.4, 0.5) is 0 Å². The molecule has 2 aromatic rings. The summed E-state index contributed by atoms with van der Waals surface area (Å²) >= 11 is 5.96. The molecule has 3 rings (SSSR count). The first-order chi connectivity index (χ1) is 9.70. The molecule has 108 valence electrons. The van der Waals surface area contributed by atoms with Gasteiger partial charge in [-0.25, -0.2) is 4.98 Å². The molecular weight excluding hydrogens is 270 g/mol. The van der Waals surface area contributed by atoms with E-state index < -0.39 is 0 Å². The average molecular weight is 292 g/mol. The Bertz CT molecular complexity index is 592. The minimum atomic E-state index is 0.562. The molecular formula is C16H22ClN3. The van der Waals surface area contributed by atoms with Crippen molar-refractivity contribution in [3.05, 3.63) is 24.3 Å². The van der Waals surface area contributed by atoms with Crippen LogP contribution in [0.25, 0.3) is 11.0 Å².